The summed E-state index contributed by atoms with van der Waals surface area (Å²) in [6.07, 6.45) is 3.25. The molecule has 0 aromatic heterocycles. The van der Waals surface area contributed by atoms with Gasteiger partial charge in [0.2, 0.25) is 0 Å². The molecule has 4 nitrogen and oxygen atoms in total. The van der Waals surface area contributed by atoms with Gasteiger partial charge in [0.1, 0.15) is 0 Å². The molecular weight excluding hydrogens is 294 g/mol. The number of benzene rings is 1. The van der Waals surface area contributed by atoms with Crippen LogP contribution in [-0.2, 0) is 15.6 Å². The van der Waals surface area contributed by atoms with Gasteiger partial charge < -0.3 is 5.32 Å². The van der Waals surface area contributed by atoms with Crippen LogP contribution >= 0.6 is 10.8 Å². The van der Waals surface area contributed by atoms with Gasteiger partial charge in [-0.3, -0.25) is 4.55 Å². The number of hydrogen-bond acceptors (Lipinski definition) is 4. The normalized spacial score (nSPS) is 11.8. The minimum Gasteiger partial charge on any atom is -0.316 e. The first-order chi connectivity index (χ1) is 9.38. The van der Waals surface area contributed by atoms with Crippen LogP contribution in [0.15, 0.2) is 18.2 Å². The highest BCUT2D eigenvalue weighted by Crippen LogP contribution is 2.13. The van der Waals surface area contributed by atoms with Crippen molar-refractivity contribution in [2.75, 3.05) is 18.8 Å². The van der Waals surface area contributed by atoms with Gasteiger partial charge >= 0.3 is 9.15 Å². The van der Waals surface area contributed by atoms with Gasteiger partial charge in [0.25, 0.3) is 0 Å². The SMILES string of the molecule is Cc1ccc(CCCCNCCSS(=O)(=O)O)c(C)c1. The molecule has 0 spiro atoms. The minimum atomic E-state index is -3.89. The van der Waals surface area contributed by atoms with Crippen LogP contribution in [0.2, 0.25) is 0 Å². The van der Waals surface area contributed by atoms with Gasteiger partial charge in [-0.15, -0.1) is 0 Å². The molecule has 0 saturated carbocycles. The van der Waals surface area contributed by atoms with Crippen molar-refractivity contribution in [3.05, 3.63) is 34.9 Å². The van der Waals surface area contributed by atoms with Gasteiger partial charge in [0.05, 0.1) is 0 Å². The Morgan fingerprint density at radius 2 is 1.95 bits per heavy atom. The summed E-state index contributed by atoms with van der Waals surface area (Å²) in [5.41, 5.74) is 4.05. The standard InChI is InChI=1S/C14H23NO3S2/c1-12-6-7-14(13(2)11-12)5-3-4-8-15-9-10-19-20(16,17)18/h6-7,11,15H,3-5,8-10H2,1-2H3,(H,16,17,18). The summed E-state index contributed by atoms with van der Waals surface area (Å²) in [5, 5.41) is 3.17. The number of aryl methyl sites for hydroxylation is 3. The maximum absolute atomic E-state index is 10.5. The number of rotatable bonds is 9. The monoisotopic (exact) mass is 317 g/mol. The van der Waals surface area contributed by atoms with Crippen LogP contribution < -0.4 is 5.32 Å². The summed E-state index contributed by atoms with van der Waals surface area (Å²) in [4.78, 5) is 0. The molecule has 6 heteroatoms. The summed E-state index contributed by atoms with van der Waals surface area (Å²) >= 11 is 0. The minimum absolute atomic E-state index is 0.371. The van der Waals surface area contributed by atoms with Crippen LogP contribution in [0.3, 0.4) is 0 Å². The number of nitrogens with one attached hydrogen (secondary N) is 1. The van der Waals surface area contributed by atoms with Crippen molar-refractivity contribution in [1.82, 2.24) is 5.32 Å². The molecule has 0 heterocycles. The molecule has 0 amide bonds. The fourth-order valence-electron chi connectivity index (χ4n) is 2.04. The van der Waals surface area contributed by atoms with Crippen LogP contribution in [0.4, 0.5) is 0 Å². The molecule has 0 aliphatic heterocycles. The molecule has 1 aromatic rings. The van der Waals surface area contributed by atoms with E-state index in [9.17, 15) is 8.42 Å². The zero-order valence-corrected chi connectivity index (χ0v) is 13.7. The molecule has 0 aliphatic rings. The molecule has 0 saturated heterocycles. The second-order valence-electron chi connectivity index (χ2n) is 4.89. The Morgan fingerprint density at radius 1 is 1.20 bits per heavy atom. The summed E-state index contributed by atoms with van der Waals surface area (Å²) in [5.74, 6) is 0.371. The smallest absolute Gasteiger partial charge is 0.316 e. The van der Waals surface area contributed by atoms with Gasteiger partial charge in [-0.05, 0) is 61.6 Å². The van der Waals surface area contributed by atoms with E-state index in [1.807, 2.05) is 0 Å². The molecule has 2 N–H and O–H groups in total. The van der Waals surface area contributed by atoms with Crippen LogP contribution in [-0.4, -0.2) is 31.8 Å². The highest BCUT2D eigenvalue weighted by atomic mass is 33.1. The lowest BCUT2D eigenvalue weighted by atomic mass is 10.0. The average Bonchev–Trinajstić information content (AvgIpc) is 2.33. The Bertz CT molecular complexity index is 515. The van der Waals surface area contributed by atoms with Crippen molar-refractivity contribution in [2.45, 2.75) is 33.1 Å². The molecule has 1 aromatic carbocycles. The van der Waals surface area contributed by atoms with E-state index < -0.39 is 9.15 Å². The maximum Gasteiger partial charge on any atom is 0.319 e. The molecule has 0 unspecified atom stereocenters. The van der Waals surface area contributed by atoms with Gasteiger partial charge in [-0.1, -0.05) is 23.8 Å². The Hall–Kier alpha value is -0.560. The molecule has 0 atom stereocenters. The first kappa shape index (κ1) is 17.5. The fourth-order valence-corrected chi connectivity index (χ4v) is 3.36. The lowest BCUT2D eigenvalue weighted by molar-refractivity contribution is 0.503. The van der Waals surface area contributed by atoms with E-state index >= 15 is 0 Å². The van der Waals surface area contributed by atoms with Crippen molar-refractivity contribution in [2.24, 2.45) is 0 Å². The van der Waals surface area contributed by atoms with Crippen LogP contribution in [0.5, 0.6) is 0 Å². The number of unbranched alkanes of at least 4 members (excludes halogenated alkanes) is 1. The zero-order valence-electron chi connectivity index (χ0n) is 12.1. The molecule has 114 valence electrons. The topological polar surface area (TPSA) is 66.4 Å². The van der Waals surface area contributed by atoms with Crippen LogP contribution in [0.1, 0.15) is 29.5 Å². The number of hydrogen-bond donors (Lipinski definition) is 2. The fraction of sp³-hybridized carbons (Fsp3) is 0.571. The maximum atomic E-state index is 10.5. The second-order valence-corrected chi connectivity index (χ2v) is 8.36. The molecule has 1 rings (SSSR count). The Balaban J connectivity index is 2.08. The van der Waals surface area contributed by atoms with E-state index in [0.29, 0.717) is 23.1 Å². The summed E-state index contributed by atoms with van der Waals surface area (Å²) in [6.45, 7) is 5.71. The van der Waals surface area contributed by atoms with E-state index in [-0.39, 0.29) is 0 Å². The molecule has 0 bridgehead atoms. The average molecular weight is 317 g/mol. The van der Waals surface area contributed by atoms with Crippen molar-refractivity contribution in [1.29, 1.82) is 0 Å². The lowest BCUT2D eigenvalue weighted by Crippen LogP contribution is -2.19. The predicted octanol–water partition coefficient (Wildman–Crippen LogP) is 2.75. The molecule has 0 aliphatic carbocycles. The Morgan fingerprint density at radius 3 is 2.60 bits per heavy atom. The summed E-state index contributed by atoms with van der Waals surface area (Å²) < 4.78 is 29.5. The summed E-state index contributed by atoms with van der Waals surface area (Å²) in [7, 11) is -3.33. The van der Waals surface area contributed by atoms with Crippen molar-refractivity contribution in [3.63, 3.8) is 0 Å². The first-order valence-corrected chi connectivity index (χ1v) is 9.71. The predicted molar refractivity (Wildman–Crippen MR) is 85.7 cm³/mol. The van der Waals surface area contributed by atoms with Crippen LogP contribution in [0.25, 0.3) is 0 Å². The van der Waals surface area contributed by atoms with E-state index in [0.717, 1.165) is 25.8 Å². The third kappa shape index (κ3) is 7.89. The van der Waals surface area contributed by atoms with E-state index in [2.05, 4.69) is 37.4 Å². The van der Waals surface area contributed by atoms with E-state index in [1.165, 1.54) is 16.7 Å². The lowest BCUT2D eigenvalue weighted by Gasteiger charge is -2.07. The van der Waals surface area contributed by atoms with Gasteiger partial charge in [0, 0.05) is 12.3 Å². The third-order valence-electron chi connectivity index (χ3n) is 3.06. The zero-order chi connectivity index (χ0) is 15.0. The molecular formula is C14H23NO3S2. The molecule has 0 radical (unpaired) electrons. The Kier molecular flexibility index (Phi) is 7.58. The Labute approximate surface area is 125 Å². The first-order valence-electron chi connectivity index (χ1n) is 6.77. The third-order valence-corrected chi connectivity index (χ3v) is 5.12. The van der Waals surface area contributed by atoms with E-state index in [4.69, 9.17) is 4.55 Å². The highest BCUT2D eigenvalue weighted by Gasteiger charge is 2.03. The van der Waals surface area contributed by atoms with E-state index in [1.54, 1.807) is 0 Å². The quantitative estimate of drug-likeness (QED) is 0.416. The molecule has 20 heavy (non-hydrogen) atoms. The second kappa shape index (κ2) is 8.67. The van der Waals surface area contributed by atoms with Crippen LogP contribution in [0, 0.1) is 13.8 Å². The van der Waals surface area contributed by atoms with Gasteiger partial charge in [-0.25, -0.2) is 0 Å². The van der Waals surface area contributed by atoms with Gasteiger partial charge in [-0.2, -0.15) is 8.42 Å². The highest BCUT2D eigenvalue weighted by molar-refractivity contribution is 8.69. The molecule has 0 fully saturated rings. The van der Waals surface area contributed by atoms with Crippen molar-refractivity contribution < 1.29 is 13.0 Å². The summed E-state index contributed by atoms with van der Waals surface area (Å²) in [6, 6.07) is 6.55. The van der Waals surface area contributed by atoms with Crippen molar-refractivity contribution in [3.8, 4) is 0 Å². The van der Waals surface area contributed by atoms with Gasteiger partial charge in [0.15, 0.2) is 0 Å². The van der Waals surface area contributed by atoms with Crippen molar-refractivity contribution >= 4 is 19.9 Å². The largest absolute Gasteiger partial charge is 0.319 e.